The van der Waals surface area contributed by atoms with Crippen LogP contribution in [0.4, 0.5) is 0 Å². The fourth-order valence-corrected chi connectivity index (χ4v) is 1.76. The van der Waals surface area contributed by atoms with Gasteiger partial charge in [-0.1, -0.05) is 46.5 Å². The fraction of sp³-hybridized carbons (Fsp3) is 1.00. The molecular formula is C11H22. The smallest absolute Gasteiger partial charge is 0.0386 e. The number of hydrogen-bond donors (Lipinski definition) is 0. The van der Waals surface area contributed by atoms with E-state index in [1.807, 2.05) is 0 Å². The molecule has 0 heteroatoms. The number of rotatable bonds is 5. The molecule has 0 heterocycles. The van der Waals surface area contributed by atoms with E-state index >= 15 is 0 Å². The van der Waals surface area contributed by atoms with Gasteiger partial charge >= 0.3 is 0 Å². The molecule has 0 aliphatic heterocycles. The van der Waals surface area contributed by atoms with E-state index in [0.29, 0.717) is 0 Å². The summed E-state index contributed by atoms with van der Waals surface area (Å²) in [7, 11) is 0. The van der Waals surface area contributed by atoms with Crippen molar-refractivity contribution in [3.05, 3.63) is 0 Å². The first-order chi connectivity index (χ1) is 5.20. The molecule has 0 bridgehead atoms. The van der Waals surface area contributed by atoms with Gasteiger partial charge in [-0.3, -0.25) is 0 Å². The summed E-state index contributed by atoms with van der Waals surface area (Å²) in [5.41, 5.74) is 0. The summed E-state index contributed by atoms with van der Waals surface area (Å²) in [6.07, 6.45) is 7.39. The zero-order valence-corrected chi connectivity index (χ0v) is 8.27. The predicted octanol–water partition coefficient (Wildman–Crippen LogP) is 3.86. The molecule has 0 radical (unpaired) electrons. The molecule has 0 spiro atoms. The minimum Gasteiger partial charge on any atom is -0.0628 e. The lowest BCUT2D eigenvalue weighted by Crippen LogP contribution is -1.87. The Morgan fingerprint density at radius 1 is 1.27 bits per heavy atom. The summed E-state index contributed by atoms with van der Waals surface area (Å²) in [5, 5.41) is 0. The van der Waals surface area contributed by atoms with Crippen LogP contribution in [0, 0.1) is 17.8 Å². The van der Waals surface area contributed by atoms with Crippen LogP contribution >= 0.6 is 0 Å². The lowest BCUT2D eigenvalue weighted by molar-refractivity contribution is 0.508. The maximum absolute atomic E-state index is 2.38. The molecule has 0 aromatic heterocycles. The quantitative estimate of drug-likeness (QED) is 0.527. The van der Waals surface area contributed by atoms with Gasteiger partial charge in [-0.2, -0.15) is 0 Å². The SMILES string of the molecule is CC(C)CCCCC1CC1C. The van der Waals surface area contributed by atoms with Crippen LogP contribution < -0.4 is 0 Å². The Morgan fingerprint density at radius 3 is 2.36 bits per heavy atom. The van der Waals surface area contributed by atoms with Crippen LogP contribution in [0.1, 0.15) is 52.9 Å². The van der Waals surface area contributed by atoms with Crippen molar-refractivity contribution in [3.63, 3.8) is 0 Å². The van der Waals surface area contributed by atoms with Crippen molar-refractivity contribution >= 4 is 0 Å². The van der Waals surface area contributed by atoms with Gasteiger partial charge in [-0.15, -0.1) is 0 Å². The Bertz CT molecular complexity index is 105. The second-order valence-corrected chi connectivity index (χ2v) is 4.65. The van der Waals surface area contributed by atoms with Gasteiger partial charge in [0.2, 0.25) is 0 Å². The third-order valence-corrected chi connectivity index (χ3v) is 2.88. The van der Waals surface area contributed by atoms with Crippen molar-refractivity contribution in [2.24, 2.45) is 17.8 Å². The molecule has 1 aliphatic rings. The Morgan fingerprint density at radius 2 is 1.91 bits per heavy atom. The van der Waals surface area contributed by atoms with Crippen LogP contribution in [-0.2, 0) is 0 Å². The van der Waals surface area contributed by atoms with Crippen LogP contribution in [0.15, 0.2) is 0 Å². The van der Waals surface area contributed by atoms with Crippen molar-refractivity contribution in [1.29, 1.82) is 0 Å². The molecule has 66 valence electrons. The van der Waals surface area contributed by atoms with Gasteiger partial charge in [0.1, 0.15) is 0 Å². The molecule has 11 heavy (non-hydrogen) atoms. The van der Waals surface area contributed by atoms with Gasteiger partial charge in [-0.05, 0) is 24.2 Å². The summed E-state index contributed by atoms with van der Waals surface area (Å²) in [4.78, 5) is 0. The van der Waals surface area contributed by atoms with Gasteiger partial charge in [0, 0.05) is 0 Å². The van der Waals surface area contributed by atoms with Crippen molar-refractivity contribution in [1.82, 2.24) is 0 Å². The van der Waals surface area contributed by atoms with Gasteiger partial charge in [0.25, 0.3) is 0 Å². The fourth-order valence-electron chi connectivity index (χ4n) is 1.76. The van der Waals surface area contributed by atoms with Gasteiger partial charge in [-0.25, -0.2) is 0 Å². The van der Waals surface area contributed by atoms with E-state index in [9.17, 15) is 0 Å². The van der Waals surface area contributed by atoms with E-state index in [1.54, 1.807) is 0 Å². The summed E-state index contributed by atoms with van der Waals surface area (Å²) in [6, 6.07) is 0. The second-order valence-electron chi connectivity index (χ2n) is 4.65. The topological polar surface area (TPSA) is 0 Å². The van der Waals surface area contributed by atoms with Crippen molar-refractivity contribution in [2.45, 2.75) is 52.9 Å². The highest BCUT2D eigenvalue weighted by molar-refractivity contribution is 4.81. The van der Waals surface area contributed by atoms with Crippen molar-refractivity contribution in [3.8, 4) is 0 Å². The van der Waals surface area contributed by atoms with Crippen LogP contribution in [0.25, 0.3) is 0 Å². The highest BCUT2D eigenvalue weighted by Crippen LogP contribution is 2.41. The Kier molecular flexibility index (Phi) is 3.42. The lowest BCUT2D eigenvalue weighted by atomic mass is 10.0. The molecule has 2 atom stereocenters. The normalized spacial score (nSPS) is 29.5. The summed E-state index contributed by atoms with van der Waals surface area (Å²) >= 11 is 0. The van der Waals surface area contributed by atoms with E-state index in [0.717, 1.165) is 17.8 Å². The van der Waals surface area contributed by atoms with E-state index in [2.05, 4.69) is 20.8 Å². The van der Waals surface area contributed by atoms with Crippen LogP contribution in [0.2, 0.25) is 0 Å². The van der Waals surface area contributed by atoms with E-state index in [-0.39, 0.29) is 0 Å². The Balaban J connectivity index is 1.81. The third-order valence-electron chi connectivity index (χ3n) is 2.88. The molecule has 0 saturated heterocycles. The number of hydrogen-bond acceptors (Lipinski definition) is 0. The summed E-state index contributed by atoms with van der Waals surface area (Å²) in [5.74, 6) is 3.09. The molecule has 1 aliphatic carbocycles. The summed E-state index contributed by atoms with van der Waals surface area (Å²) in [6.45, 7) is 7.02. The van der Waals surface area contributed by atoms with Crippen molar-refractivity contribution < 1.29 is 0 Å². The first-order valence-corrected chi connectivity index (χ1v) is 5.20. The Hall–Kier alpha value is 0. The monoisotopic (exact) mass is 154 g/mol. The average Bonchev–Trinajstić information content (AvgIpc) is 2.59. The minimum atomic E-state index is 0.909. The molecule has 0 nitrogen and oxygen atoms in total. The first-order valence-electron chi connectivity index (χ1n) is 5.20. The Labute approximate surface area is 71.4 Å². The third kappa shape index (κ3) is 3.79. The van der Waals surface area contributed by atoms with Crippen LogP contribution in [-0.4, -0.2) is 0 Å². The maximum Gasteiger partial charge on any atom is -0.0386 e. The number of unbranched alkanes of at least 4 members (excludes halogenated alkanes) is 1. The average molecular weight is 154 g/mol. The van der Waals surface area contributed by atoms with E-state index in [4.69, 9.17) is 0 Å². The van der Waals surface area contributed by atoms with Gasteiger partial charge < -0.3 is 0 Å². The molecule has 0 amide bonds. The molecule has 1 fully saturated rings. The standard InChI is InChI=1S/C11H22/c1-9(2)6-4-5-7-11-8-10(11)3/h9-11H,4-8H2,1-3H3. The predicted molar refractivity (Wildman–Crippen MR) is 50.6 cm³/mol. The lowest BCUT2D eigenvalue weighted by Gasteiger charge is -2.02. The molecule has 0 aromatic rings. The first kappa shape index (κ1) is 9.09. The molecule has 0 N–H and O–H groups in total. The van der Waals surface area contributed by atoms with Gasteiger partial charge in [0.05, 0.1) is 0 Å². The van der Waals surface area contributed by atoms with E-state index in [1.165, 1.54) is 32.1 Å². The largest absolute Gasteiger partial charge is 0.0628 e. The molecule has 1 rings (SSSR count). The van der Waals surface area contributed by atoms with E-state index < -0.39 is 0 Å². The van der Waals surface area contributed by atoms with Gasteiger partial charge in [0.15, 0.2) is 0 Å². The zero-order chi connectivity index (χ0) is 8.27. The van der Waals surface area contributed by atoms with Crippen LogP contribution in [0.3, 0.4) is 0 Å². The summed E-state index contributed by atoms with van der Waals surface area (Å²) < 4.78 is 0. The zero-order valence-electron chi connectivity index (χ0n) is 8.27. The minimum absolute atomic E-state index is 0.909. The van der Waals surface area contributed by atoms with Crippen molar-refractivity contribution in [2.75, 3.05) is 0 Å². The van der Waals surface area contributed by atoms with Crippen LogP contribution in [0.5, 0.6) is 0 Å². The molecule has 2 unspecified atom stereocenters. The second kappa shape index (κ2) is 4.13. The maximum atomic E-state index is 2.38. The molecule has 0 aromatic carbocycles. The highest BCUT2D eigenvalue weighted by atomic mass is 14.4. The molecular weight excluding hydrogens is 132 g/mol. The highest BCUT2D eigenvalue weighted by Gasteiger charge is 2.31. The molecule has 1 saturated carbocycles.